The Balaban J connectivity index is 2.28. The van der Waals surface area contributed by atoms with Gasteiger partial charge in [-0.1, -0.05) is 13.3 Å². The average molecular weight is 114 g/mol. The Morgan fingerprint density at radius 1 is 1.25 bits per heavy atom. The molecule has 3 N–H and O–H groups in total. The highest BCUT2D eigenvalue weighted by Crippen LogP contribution is 2.20. The first kappa shape index (κ1) is 6.09. The van der Waals surface area contributed by atoms with Gasteiger partial charge in [-0.25, -0.2) is 0 Å². The first-order chi connectivity index (χ1) is 3.80. The van der Waals surface area contributed by atoms with E-state index in [1.54, 1.807) is 0 Å². The molecule has 1 saturated carbocycles. The number of hydrogen-bond donors (Lipinski definition) is 1. The topological polar surface area (TPSA) is 27.6 Å². The van der Waals surface area contributed by atoms with E-state index in [2.05, 4.69) is 12.7 Å². The molecule has 0 aromatic rings. The largest absolute Gasteiger partial charge is 0.355 e. The number of hydrogen-bond acceptors (Lipinski definition) is 0. The second kappa shape index (κ2) is 2.49. The minimum atomic E-state index is 0.753. The molecule has 1 aliphatic rings. The molecule has 0 unspecified atom stereocenters. The lowest BCUT2D eigenvalue weighted by Gasteiger charge is -2.21. The van der Waals surface area contributed by atoms with Gasteiger partial charge in [0.15, 0.2) is 0 Å². The van der Waals surface area contributed by atoms with Crippen molar-refractivity contribution in [3.8, 4) is 0 Å². The van der Waals surface area contributed by atoms with Crippen LogP contribution < -0.4 is 5.73 Å². The molecule has 0 amide bonds. The van der Waals surface area contributed by atoms with E-state index in [0.29, 0.717) is 0 Å². The Hall–Kier alpha value is -0.0400. The third kappa shape index (κ3) is 1.22. The highest BCUT2D eigenvalue weighted by Gasteiger charge is 2.19. The number of rotatable bonds is 0. The molecular weight excluding hydrogens is 98.1 g/mol. The molecule has 0 spiro atoms. The minimum absolute atomic E-state index is 0.753. The zero-order chi connectivity index (χ0) is 5.98. The van der Waals surface area contributed by atoms with Crippen molar-refractivity contribution in [3.05, 3.63) is 0 Å². The van der Waals surface area contributed by atoms with Gasteiger partial charge in [0.05, 0.1) is 6.04 Å². The summed E-state index contributed by atoms with van der Waals surface area (Å²) >= 11 is 0. The molecule has 0 bridgehead atoms. The highest BCUT2D eigenvalue weighted by molar-refractivity contribution is 4.68. The summed E-state index contributed by atoms with van der Waals surface area (Å²) in [5, 5.41) is 0. The van der Waals surface area contributed by atoms with Gasteiger partial charge in [0.1, 0.15) is 0 Å². The summed E-state index contributed by atoms with van der Waals surface area (Å²) in [6, 6.07) is 0.753. The van der Waals surface area contributed by atoms with E-state index in [4.69, 9.17) is 0 Å². The van der Waals surface area contributed by atoms with E-state index in [1.165, 1.54) is 25.7 Å². The lowest BCUT2D eigenvalue weighted by Crippen LogP contribution is -2.64. The summed E-state index contributed by atoms with van der Waals surface area (Å²) in [7, 11) is 0. The summed E-state index contributed by atoms with van der Waals surface area (Å²) in [6.45, 7) is 2.32. The molecule has 48 valence electrons. The van der Waals surface area contributed by atoms with Crippen LogP contribution >= 0.6 is 0 Å². The van der Waals surface area contributed by atoms with Gasteiger partial charge in [-0.3, -0.25) is 0 Å². The maximum Gasteiger partial charge on any atom is 0.0869 e. The standard InChI is InChI=1S/C7H15N/c1-6-4-2-3-5-7(6)8/h6-7H,2-5,8H2,1H3/p+1/t6-,7-/m0/s1. The summed E-state index contributed by atoms with van der Waals surface area (Å²) in [5.74, 6) is 0.892. The third-order valence-corrected chi connectivity index (χ3v) is 2.29. The van der Waals surface area contributed by atoms with E-state index in [9.17, 15) is 0 Å². The molecule has 1 rings (SSSR count). The van der Waals surface area contributed by atoms with Gasteiger partial charge >= 0.3 is 0 Å². The van der Waals surface area contributed by atoms with Crippen molar-refractivity contribution in [2.45, 2.75) is 38.6 Å². The SMILES string of the molecule is C[C@H]1CCCC[C@@H]1[NH3+]. The zero-order valence-electron chi connectivity index (χ0n) is 5.69. The van der Waals surface area contributed by atoms with Crippen LogP contribution in [0.15, 0.2) is 0 Å². The summed E-state index contributed by atoms with van der Waals surface area (Å²) in [4.78, 5) is 0. The first-order valence-corrected chi connectivity index (χ1v) is 3.64. The van der Waals surface area contributed by atoms with Gasteiger partial charge in [-0.05, 0) is 19.3 Å². The molecule has 0 aromatic heterocycles. The highest BCUT2D eigenvalue weighted by atomic mass is 14.6. The predicted octanol–water partition coefficient (Wildman–Crippen LogP) is 0.807. The molecule has 1 nitrogen and oxygen atoms in total. The molecule has 1 aliphatic carbocycles. The van der Waals surface area contributed by atoms with Gasteiger partial charge < -0.3 is 5.73 Å². The van der Waals surface area contributed by atoms with Crippen LogP contribution in [0.2, 0.25) is 0 Å². The molecular formula is C7H16N+. The van der Waals surface area contributed by atoms with Crippen molar-refractivity contribution in [2.75, 3.05) is 0 Å². The van der Waals surface area contributed by atoms with Gasteiger partial charge in [0, 0.05) is 5.92 Å². The van der Waals surface area contributed by atoms with Crippen molar-refractivity contribution < 1.29 is 5.73 Å². The molecule has 0 saturated heterocycles. The zero-order valence-corrected chi connectivity index (χ0v) is 5.69. The third-order valence-electron chi connectivity index (χ3n) is 2.29. The Morgan fingerprint density at radius 2 is 1.88 bits per heavy atom. The van der Waals surface area contributed by atoms with Crippen molar-refractivity contribution in [1.82, 2.24) is 0 Å². The second-order valence-corrected chi connectivity index (χ2v) is 3.02. The van der Waals surface area contributed by atoms with Gasteiger partial charge in [-0.2, -0.15) is 0 Å². The molecule has 0 aromatic carbocycles. The van der Waals surface area contributed by atoms with E-state index in [1.807, 2.05) is 0 Å². The maximum atomic E-state index is 4.08. The molecule has 2 atom stereocenters. The van der Waals surface area contributed by atoms with Gasteiger partial charge in [-0.15, -0.1) is 0 Å². The normalized spacial score (nSPS) is 39.8. The van der Waals surface area contributed by atoms with Crippen LogP contribution in [0.3, 0.4) is 0 Å². The van der Waals surface area contributed by atoms with Crippen molar-refractivity contribution in [2.24, 2.45) is 5.92 Å². The van der Waals surface area contributed by atoms with Crippen molar-refractivity contribution in [1.29, 1.82) is 0 Å². The molecule has 8 heavy (non-hydrogen) atoms. The van der Waals surface area contributed by atoms with Gasteiger partial charge in [0.25, 0.3) is 0 Å². The number of quaternary nitrogens is 1. The van der Waals surface area contributed by atoms with Crippen LogP contribution in [-0.4, -0.2) is 6.04 Å². The molecule has 0 heterocycles. The van der Waals surface area contributed by atoms with E-state index >= 15 is 0 Å². The van der Waals surface area contributed by atoms with Crippen LogP contribution in [0.5, 0.6) is 0 Å². The molecule has 0 radical (unpaired) electrons. The van der Waals surface area contributed by atoms with Crippen LogP contribution in [0.1, 0.15) is 32.6 Å². The average Bonchev–Trinajstić information content (AvgIpc) is 1.77. The van der Waals surface area contributed by atoms with Crippen LogP contribution in [0.4, 0.5) is 0 Å². The Bertz CT molecular complexity index is 60.8. The monoisotopic (exact) mass is 114 g/mol. The summed E-state index contributed by atoms with van der Waals surface area (Å²) < 4.78 is 0. The van der Waals surface area contributed by atoms with Crippen LogP contribution in [0.25, 0.3) is 0 Å². The maximum absolute atomic E-state index is 4.08. The van der Waals surface area contributed by atoms with Crippen molar-refractivity contribution in [3.63, 3.8) is 0 Å². The fraction of sp³-hybridized carbons (Fsp3) is 1.00. The fourth-order valence-corrected chi connectivity index (χ4v) is 1.39. The van der Waals surface area contributed by atoms with Crippen LogP contribution in [-0.2, 0) is 0 Å². The van der Waals surface area contributed by atoms with Crippen LogP contribution in [0, 0.1) is 5.92 Å². The molecule has 1 heteroatoms. The second-order valence-electron chi connectivity index (χ2n) is 3.02. The Morgan fingerprint density at radius 3 is 2.25 bits per heavy atom. The first-order valence-electron chi connectivity index (χ1n) is 3.64. The smallest absolute Gasteiger partial charge is 0.0869 e. The van der Waals surface area contributed by atoms with Gasteiger partial charge in [0.2, 0.25) is 0 Å². The van der Waals surface area contributed by atoms with E-state index in [0.717, 1.165) is 12.0 Å². The predicted molar refractivity (Wildman–Crippen MR) is 34.3 cm³/mol. The molecule has 0 aliphatic heterocycles. The van der Waals surface area contributed by atoms with E-state index < -0.39 is 0 Å². The minimum Gasteiger partial charge on any atom is -0.355 e. The summed E-state index contributed by atoms with van der Waals surface area (Å²) in [6.07, 6.45) is 5.63. The molecule has 1 fully saturated rings. The van der Waals surface area contributed by atoms with E-state index in [-0.39, 0.29) is 0 Å². The van der Waals surface area contributed by atoms with Crippen molar-refractivity contribution >= 4 is 0 Å². The summed E-state index contributed by atoms with van der Waals surface area (Å²) in [5.41, 5.74) is 4.08. The lowest BCUT2D eigenvalue weighted by molar-refractivity contribution is -0.436. The Labute approximate surface area is 51.3 Å². The fourth-order valence-electron chi connectivity index (χ4n) is 1.39. The quantitative estimate of drug-likeness (QED) is 0.482. The Kier molecular flexibility index (Phi) is 1.90. The lowest BCUT2D eigenvalue weighted by atomic mass is 9.87.